The van der Waals surface area contributed by atoms with Gasteiger partial charge in [-0.2, -0.15) is 0 Å². The van der Waals surface area contributed by atoms with Crippen LogP contribution >= 0.6 is 0 Å². The van der Waals surface area contributed by atoms with Gasteiger partial charge < -0.3 is 5.73 Å². The molecule has 0 saturated heterocycles. The van der Waals surface area contributed by atoms with E-state index in [9.17, 15) is 0 Å². The van der Waals surface area contributed by atoms with Gasteiger partial charge in [0, 0.05) is 0 Å². The average Bonchev–Trinajstić information content (AvgIpc) is 2.33. The standard InChI is InChI=1S/C15H21N/c1-11-7-6-10-14(12(11)2)15(16)13-8-4-3-5-9-13/h6-8,10,15H,3-5,9,16H2,1-2H3. The third-order valence-corrected chi connectivity index (χ3v) is 3.71. The molecule has 1 atom stereocenters. The summed E-state index contributed by atoms with van der Waals surface area (Å²) in [6.45, 7) is 4.33. The van der Waals surface area contributed by atoms with Gasteiger partial charge >= 0.3 is 0 Å². The first-order chi connectivity index (χ1) is 7.70. The zero-order valence-electron chi connectivity index (χ0n) is 10.3. The largest absolute Gasteiger partial charge is 0.321 e. The smallest absolute Gasteiger partial charge is 0.0513 e. The molecule has 0 fully saturated rings. The summed E-state index contributed by atoms with van der Waals surface area (Å²) < 4.78 is 0. The molecule has 0 saturated carbocycles. The Kier molecular flexibility index (Phi) is 3.45. The van der Waals surface area contributed by atoms with E-state index in [0.29, 0.717) is 0 Å². The molecule has 0 bridgehead atoms. The molecule has 1 aliphatic carbocycles. The van der Waals surface area contributed by atoms with Crippen molar-refractivity contribution in [3.05, 3.63) is 46.5 Å². The Bertz CT molecular complexity index is 404. The molecular weight excluding hydrogens is 194 g/mol. The van der Waals surface area contributed by atoms with Crippen LogP contribution in [-0.2, 0) is 0 Å². The minimum atomic E-state index is 0.111. The Hall–Kier alpha value is -1.08. The third kappa shape index (κ3) is 2.19. The minimum absolute atomic E-state index is 0.111. The maximum atomic E-state index is 6.37. The summed E-state index contributed by atoms with van der Waals surface area (Å²) in [6.07, 6.45) is 7.34. The number of rotatable bonds is 2. The number of allylic oxidation sites excluding steroid dienone is 1. The van der Waals surface area contributed by atoms with Gasteiger partial charge in [-0.05, 0) is 56.2 Å². The lowest BCUT2D eigenvalue weighted by Gasteiger charge is -2.22. The number of benzene rings is 1. The number of hydrogen-bond donors (Lipinski definition) is 1. The van der Waals surface area contributed by atoms with Gasteiger partial charge in [0.1, 0.15) is 0 Å². The van der Waals surface area contributed by atoms with Gasteiger partial charge in [-0.25, -0.2) is 0 Å². The van der Waals surface area contributed by atoms with Crippen molar-refractivity contribution in [2.45, 2.75) is 45.6 Å². The summed E-state index contributed by atoms with van der Waals surface area (Å²) >= 11 is 0. The predicted octanol–water partition coefficient (Wildman–Crippen LogP) is 3.80. The first kappa shape index (κ1) is 11.4. The summed E-state index contributed by atoms with van der Waals surface area (Å²) in [7, 11) is 0. The summed E-state index contributed by atoms with van der Waals surface area (Å²) in [4.78, 5) is 0. The highest BCUT2D eigenvalue weighted by Crippen LogP contribution is 2.30. The molecule has 0 spiro atoms. The van der Waals surface area contributed by atoms with E-state index in [-0.39, 0.29) is 6.04 Å². The van der Waals surface area contributed by atoms with E-state index in [4.69, 9.17) is 5.73 Å². The first-order valence-corrected chi connectivity index (χ1v) is 6.21. The van der Waals surface area contributed by atoms with Gasteiger partial charge in [0.25, 0.3) is 0 Å². The Morgan fingerprint density at radius 2 is 2.00 bits per heavy atom. The molecule has 2 N–H and O–H groups in total. The second kappa shape index (κ2) is 4.84. The van der Waals surface area contributed by atoms with E-state index < -0.39 is 0 Å². The highest BCUT2D eigenvalue weighted by molar-refractivity contribution is 5.39. The molecule has 1 aromatic rings. The lowest BCUT2D eigenvalue weighted by molar-refractivity contribution is 0.647. The van der Waals surface area contributed by atoms with Gasteiger partial charge in [0.05, 0.1) is 6.04 Å². The van der Waals surface area contributed by atoms with E-state index in [0.717, 1.165) is 0 Å². The minimum Gasteiger partial charge on any atom is -0.321 e. The van der Waals surface area contributed by atoms with E-state index >= 15 is 0 Å². The first-order valence-electron chi connectivity index (χ1n) is 6.21. The van der Waals surface area contributed by atoms with E-state index in [1.54, 1.807) is 0 Å². The van der Waals surface area contributed by atoms with E-state index in [1.807, 2.05) is 0 Å². The maximum Gasteiger partial charge on any atom is 0.0513 e. The zero-order chi connectivity index (χ0) is 11.5. The Morgan fingerprint density at radius 3 is 2.69 bits per heavy atom. The van der Waals surface area contributed by atoms with Crippen LogP contribution in [0.3, 0.4) is 0 Å². The molecule has 0 amide bonds. The van der Waals surface area contributed by atoms with Crippen molar-refractivity contribution in [3.8, 4) is 0 Å². The molecule has 1 nitrogen and oxygen atoms in total. The molecule has 86 valence electrons. The summed E-state index contributed by atoms with van der Waals surface area (Å²) in [5.74, 6) is 0. The molecule has 0 heterocycles. The summed E-state index contributed by atoms with van der Waals surface area (Å²) in [5.41, 5.74) is 11.8. The van der Waals surface area contributed by atoms with Crippen LogP contribution in [0.4, 0.5) is 0 Å². The van der Waals surface area contributed by atoms with Crippen LogP contribution in [0, 0.1) is 13.8 Å². The second-order valence-electron chi connectivity index (χ2n) is 4.79. The Labute approximate surface area is 98.4 Å². The van der Waals surface area contributed by atoms with Gasteiger partial charge in [0.2, 0.25) is 0 Å². The highest BCUT2D eigenvalue weighted by Gasteiger charge is 2.16. The van der Waals surface area contributed by atoms with Crippen molar-refractivity contribution in [3.63, 3.8) is 0 Å². The van der Waals surface area contributed by atoms with Gasteiger partial charge in [-0.15, -0.1) is 0 Å². The van der Waals surface area contributed by atoms with E-state index in [1.165, 1.54) is 47.9 Å². The molecular formula is C15H21N. The highest BCUT2D eigenvalue weighted by atomic mass is 14.6. The summed E-state index contributed by atoms with van der Waals surface area (Å²) in [5, 5.41) is 0. The van der Waals surface area contributed by atoms with Crippen LogP contribution in [0.5, 0.6) is 0 Å². The van der Waals surface area contributed by atoms with Crippen LogP contribution < -0.4 is 5.73 Å². The quantitative estimate of drug-likeness (QED) is 0.746. The van der Waals surface area contributed by atoms with Crippen molar-refractivity contribution in [2.24, 2.45) is 5.73 Å². The van der Waals surface area contributed by atoms with Crippen molar-refractivity contribution in [1.82, 2.24) is 0 Å². The SMILES string of the molecule is Cc1cccc(C(N)C2=CCCCC2)c1C. The molecule has 0 radical (unpaired) electrons. The average molecular weight is 215 g/mol. The van der Waals surface area contributed by atoms with Crippen molar-refractivity contribution >= 4 is 0 Å². The fourth-order valence-corrected chi connectivity index (χ4v) is 2.46. The Balaban J connectivity index is 2.29. The Morgan fingerprint density at radius 1 is 1.19 bits per heavy atom. The van der Waals surface area contributed by atoms with Crippen LogP contribution in [0.2, 0.25) is 0 Å². The molecule has 0 aliphatic heterocycles. The fraction of sp³-hybridized carbons (Fsp3) is 0.467. The van der Waals surface area contributed by atoms with Crippen molar-refractivity contribution < 1.29 is 0 Å². The number of hydrogen-bond acceptors (Lipinski definition) is 1. The molecule has 0 aromatic heterocycles. The molecule has 1 unspecified atom stereocenters. The second-order valence-corrected chi connectivity index (χ2v) is 4.79. The monoisotopic (exact) mass is 215 g/mol. The number of nitrogens with two attached hydrogens (primary N) is 1. The van der Waals surface area contributed by atoms with Crippen LogP contribution in [0.25, 0.3) is 0 Å². The van der Waals surface area contributed by atoms with Gasteiger partial charge in [-0.1, -0.05) is 29.8 Å². The van der Waals surface area contributed by atoms with Gasteiger partial charge in [-0.3, -0.25) is 0 Å². The fourth-order valence-electron chi connectivity index (χ4n) is 2.46. The predicted molar refractivity (Wildman–Crippen MR) is 69.4 cm³/mol. The molecule has 1 aromatic carbocycles. The molecule has 1 aliphatic rings. The third-order valence-electron chi connectivity index (χ3n) is 3.71. The lowest BCUT2D eigenvalue weighted by Crippen LogP contribution is -2.16. The number of aryl methyl sites for hydroxylation is 1. The van der Waals surface area contributed by atoms with Crippen LogP contribution in [0.1, 0.15) is 48.4 Å². The molecule has 16 heavy (non-hydrogen) atoms. The zero-order valence-corrected chi connectivity index (χ0v) is 10.3. The topological polar surface area (TPSA) is 26.0 Å². The van der Waals surface area contributed by atoms with Crippen molar-refractivity contribution in [2.75, 3.05) is 0 Å². The van der Waals surface area contributed by atoms with Crippen molar-refractivity contribution in [1.29, 1.82) is 0 Å². The lowest BCUT2D eigenvalue weighted by atomic mass is 9.87. The summed E-state index contributed by atoms with van der Waals surface area (Å²) in [6, 6.07) is 6.55. The van der Waals surface area contributed by atoms with Crippen LogP contribution in [0.15, 0.2) is 29.8 Å². The van der Waals surface area contributed by atoms with E-state index in [2.05, 4.69) is 38.1 Å². The molecule has 1 heteroatoms. The van der Waals surface area contributed by atoms with Crippen LogP contribution in [-0.4, -0.2) is 0 Å². The normalized spacial score (nSPS) is 18.1. The van der Waals surface area contributed by atoms with Gasteiger partial charge in [0.15, 0.2) is 0 Å². The molecule has 2 rings (SSSR count). The maximum absolute atomic E-state index is 6.37.